The van der Waals surface area contributed by atoms with Gasteiger partial charge in [-0.25, -0.2) is 13.2 Å². The fourth-order valence-corrected chi connectivity index (χ4v) is 5.12. The van der Waals surface area contributed by atoms with Crippen molar-refractivity contribution in [2.24, 2.45) is 0 Å². The topological polar surface area (TPSA) is 122 Å². The van der Waals surface area contributed by atoms with E-state index in [4.69, 9.17) is 9.47 Å². The van der Waals surface area contributed by atoms with E-state index >= 15 is 0 Å². The molecule has 1 heterocycles. The molecule has 1 amide bonds. The lowest BCUT2D eigenvalue weighted by Gasteiger charge is -2.26. The van der Waals surface area contributed by atoms with Crippen LogP contribution in [0.25, 0.3) is 0 Å². The van der Waals surface area contributed by atoms with E-state index in [0.29, 0.717) is 13.1 Å². The largest absolute Gasteiger partial charge is 0.507 e. The van der Waals surface area contributed by atoms with Gasteiger partial charge in [-0.15, -0.1) is 0 Å². The molecule has 0 aliphatic carbocycles. The number of phenolic OH excluding ortho intramolecular Hbond substituents is 1. The SMILES string of the molecule is COc1ccc(NC(=O)COC(=O)c2ccc(C)cc2O)cc1S(=O)(=O)N1CCCCC1. The van der Waals surface area contributed by atoms with Crippen LogP contribution in [0.5, 0.6) is 11.5 Å². The molecule has 9 nitrogen and oxygen atoms in total. The zero-order valence-corrected chi connectivity index (χ0v) is 18.8. The predicted octanol–water partition coefficient (Wildman–Crippen LogP) is 2.68. The number of sulfonamides is 1. The number of hydrogen-bond donors (Lipinski definition) is 2. The van der Waals surface area contributed by atoms with Crippen LogP contribution in [-0.4, -0.2) is 56.5 Å². The number of methoxy groups -OCH3 is 1. The maximum absolute atomic E-state index is 13.1. The van der Waals surface area contributed by atoms with Gasteiger partial charge in [-0.1, -0.05) is 12.5 Å². The Morgan fingerprint density at radius 2 is 1.81 bits per heavy atom. The monoisotopic (exact) mass is 462 g/mol. The number of nitrogens with zero attached hydrogens (tertiary/aromatic N) is 1. The number of amides is 1. The summed E-state index contributed by atoms with van der Waals surface area (Å²) in [5.74, 6) is -1.56. The van der Waals surface area contributed by atoms with Crippen LogP contribution in [0.4, 0.5) is 5.69 Å². The van der Waals surface area contributed by atoms with Crippen LogP contribution in [-0.2, 0) is 19.6 Å². The Hall–Kier alpha value is -3.11. The minimum Gasteiger partial charge on any atom is -0.507 e. The molecule has 1 saturated heterocycles. The Labute approximate surface area is 187 Å². The summed E-state index contributed by atoms with van der Waals surface area (Å²) in [6, 6.07) is 8.75. The van der Waals surface area contributed by atoms with Gasteiger partial charge in [0.1, 0.15) is 22.0 Å². The molecule has 0 aromatic heterocycles. The average molecular weight is 463 g/mol. The summed E-state index contributed by atoms with van der Waals surface area (Å²) in [6.45, 7) is 2.02. The van der Waals surface area contributed by atoms with Crippen LogP contribution in [0.2, 0.25) is 0 Å². The number of benzene rings is 2. The van der Waals surface area contributed by atoms with Gasteiger partial charge in [-0.3, -0.25) is 4.79 Å². The van der Waals surface area contributed by atoms with Crippen molar-refractivity contribution in [3.63, 3.8) is 0 Å². The number of nitrogens with one attached hydrogen (secondary N) is 1. The van der Waals surface area contributed by atoms with Crippen LogP contribution >= 0.6 is 0 Å². The zero-order valence-electron chi connectivity index (χ0n) is 18.0. The molecule has 0 atom stereocenters. The molecule has 2 aromatic carbocycles. The molecule has 172 valence electrons. The summed E-state index contributed by atoms with van der Waals surface area (Å²) < 4.78 is 37.7. The Bertz CT molecular complexity index is 1110. The molecule has 2 N–H and O–H groups in total. The van der Waals surface area contributed by atoms with Crippen LogP contribution in [0, 0.1) is 6.92 Å². The second-order valence-electron chi connectivity index (χ2n) is 7.48. The third-order valence-electron chi connectivity index (χ3n) is 5.09. The molecule has 2 aromatic rings. The van der Waals surface area contributed by atoms with E-state index in [0.717, 1.165) is 24.8 Å². The molecule has 1 aliphatic rings. The first-order chi connectivity index (χ1) is 15.2. The third-order valence-corrected chi connectivity index (χ3v) is 7.01. The summed E-state index contributed by atoms with van der Waals surface area (Å²) in [4.78, 5) is 24.3. The number of carbonyl (C=O) groups excluding carboxylic acids is 2. The Balaban J connectivity index is 1.70. The van der Waals surface area contributed by atoms with Crippen molar-refractivity contribution in [1.82, 2.24) is 4.31 Å². The first-order valence-corrected chi connectivity index (χ1v) is 11.6. The number of anilines is 1. The fourth-order valence-electron chi connectivity index (χ4n) is 3.42. The number of carbonyl (C=O) groups is 2. The summed E-state index contributed by atoms with van der Waals surface area (Å²) in [7, 11) is -2.41. The van der Waals surface area contributed by atoms with Gasteiger partial charge in [0.15, 0.2) is 6.61 Å². The normalized spacial score (nSPS) is 14.6. The average Bonchev–Trinajstić information content (AvgIpc) is 2.78. The highest BCUT2D eigenvalue weighted by molar-refractivity contribution is 7.89. The number of piperidine rings is 1. The molecule has 0 bridgehead atoms. The first kappa shape index (κ1) is 23.6. The lowest BCUT2D eigenvalue weighted by Crippen LogP contribution is -2.35. The second kappa shape index (κ2) is 10.0. The van der Waals surface area contributed by atoms with Gasteiger partial charge in [0.25, 0.3) is 5.91 Å². The lowest BCUT2D eigenvalue weighted by atomic mass is 10.1. The first-order valence-electron chi connectivity index (χ1n) is 10.2. The van der Waals surface area contributed by atoms with Gasteiger partial charge in [0.2, 0.25) is 10.0 Å². The van der Waals surface area contributed by atoms with Gasteiger partial charge >= 0.3 is 5.97 Å². The molecule has 1 fully saturated rings. The number of hydrogen-bond acceptors (Lipinski definition) is 7. The standard InChI is InChI=1S/C22H26N2O7S/c1-15-6-8-17(18(25)12-15)22(27)31-14-21(26)23-16-7-9-19(30-2)20(13-16)32(28,29)24-10-4-3-5-11-24/h6-9,12-13,25H,3-5,10-11,14H2,1-2H3,(H,23,26). The van der Waals surface area contributed by atoms with Crippen molar-refractivity contribution in [3.05, 3.63) is 47.5 Å². The highest BCUT2D eigenvalue weighted by Crippen LogP contribution is 2.31. The maximum Gasteiger partial charge on any atom is 0.342 e. The zero-order chi connectivity index (χ0) is 23.3. The molecule has 0 spiro atoms. The van der Waals surface area contributed by atoms with E-state index in [9.17, 15) is 23.1 Å². The highest BCUT2D eigenvalue weighted by atomic mass is 32.2. The molecule has 3 rings (SSSR count). The molecule has 0 radical (unpaired) electrons. The quantitative estimate of drug-likeness (QED) is 0.607. The lowest BCUT2D eigenvalue weighted by molar-refractivity contribution is -0.119. The number of aromatic hydroxyl groups is 1. The van der Waals surface area contributed by atoms with Crippen LogP contribution in [0.15, 0.2) is 41.3 Å². The van der Waals surface area contributed by atoms with Crippen molar-refractivity contribution < 1.29 is 32.6 Å². The summed E-state index contributed by atoms with van der Waals surface area (Å²) in [6.07, 6.45) is 2.57. The maximum atomic E-state index is 13.1. The van der Waals surface area contributed by atoms with Crippen molar-refractivity contribution in [1.29, 1.82) is 0 Å². The van der Waals surface area contributed by atoms with Crippen molar-refractivity contribution in [2.45, 2.75) is 31.1 Å². The van der Waals surface area contributed by atoms with E-state index in [1.54, 1.807) is 13.0 Å². The van der Waals surface area contributed by atoms with Crippen molar-refractivity contribution in [3.8, 4) is 11.5 Å². The number of aryl methyl sites for hydroxylation is 1. The van der Waals surface area contributed by atoms with Crippen LogP contribution in [0.3, 0.4) is 0 Å². The minimum atomic E-state index is -3.79. The van der Waals surface area contributed by atoms with E-state index in [1.807, 2.05) is 0 Å². The van der Waals surface area contributed by atoms with Crippen LogP contribution < -0.4 is 10.1 Å². The Morgan fingerprint density at radius 1 is 1.09 bits per heavy atom. The molecule has 10 heteroatoms. The Kier molecular flexibility index (Phi) is 7.37. The number of phenols is 1. The predicted molar refractivity (Wildman–Crippen MR) is 117 cm³/mol. The van der Waals surface area contributed by atoms with Gasteiger partial charge in [0.05, 0.1) is 7.11 Å². The molecule has 0 unspecified atom stereocenters. The Morgan fingerprint density at radius 3 is 2.47 bits per heavy atom. The second-order valence-corrected chi connectivity index (χ2v) is 9.38. The highest BCUT2D eigenvalue weighted by Gasteiger charge is 2.29. The number of ether oxygens (including phenoxy) is 2. The van der Waals surface area contributed by atoms with Crippen molar-refractivity contribution in [2.75, 3.05) is 32.1 Å². The summed E-state index contributed by atoms with van der Waals surface area (Å²) in [5.41, 5.74) is 0.940. The smallest absolute Gasteiger partial charge is 0.342 e. The molecular formula is C22H26N2O7S. The molecule has 0 saturated carbocycles. The van der Waals surface area contributed by atoms with E-state index in [1.165, 1.54) is 41.7 Å². The van der Waals surface area contributed by atoms with E-state index in [2.05, 4.69) is 5.32 Å². The number of rotatable bonds is 7. The van der Waals surface area contributed by atoms with Gasteiger partial charge < -0.3 is 19.9 Å². The van der Waals surface area contributed by atoms with E-state index in [-0.39, 0.29) is 27.6 Å². The van der Waals surface area contributed by atoms with Gasteiger partial charge in [-0.05, 0) is 55.7 Å². The van der Waals surface area contributed by atoms with Crippen LogP contribution in [0.1, 0.15) is 35.2 Å². The van der Waals surface area contributed by atoms with Gasteiger partial charge in [0, 0.05) is 18.8 Å². The molecular weight excluding hydrogens is 436 g/mol. The van der Waals surface area contributed by atoms with E-state index < -0.39 is 28.5 Å². The number of esters is 1. The van der Waals surface area contributed by atoms with Crippen molar-refractivity contribution >= 4 is 27.6 Å². The fraction of sp³-hybridized carbons (Fsp3) is 0.364. The minimum absolute atomic E-state index is 0.0405. The van der Waals surface area contributed by atoms with Gasteiger partial charge in [-0.2, -0.15) is 4.31 Å². The molecule has 1 aliphatic heterocycles. The summed E-state index contributed by atoms with van der Waals surface area (Å²) >= 11 is 0. The molecule has 32 heavy (non-hydrogen) atoms. The summed E-state index contributed by atoms with van der Waals surface area (Å²) in [5, 5.41) is 12.4. The third kappa shape index (κ3) is 5.38.